The van der Waals surface area contributed by atoms with Gasteiger partial charge >= 0.3 is 0 Å². The second-order valence-electron chi connectivity index (χ2n) is 5.29. The highest BCUT2D eigenvalue weighted by Crippen LogP contribution is 2.10. The van der Waals surface area contributed by atoms with Gasteiger partial charge < -0.3 is 10.1 Å². The molecule has 0 aromatic carbocycles. The maximum Gasteiger partial charge on any atom is 0.235 e. The second-order valence-corrected chi connectivity index (χ2v) is 7.27. The zero-order valence-electron chi connectivity index (χ0n) is 12.6. The van der Waals surface area contributed by atoms with Crippen LogP contribution in [0.4, 0.5) is 0 Å². The quantitative estimate of drug-likeness (QED) is 0.769. The van der Waals surface area contributed by atoms with E-state index >= 15 is 0 Å². The first kappa shape index (κ1) is 16.9. The van der Waals surface area contributed by atoms with E-state index in [1.807, 2.05) is 0 Å². The number of hydrogen-bond acceptors (Lipinski definition) is 5. The summed E-state index contributed by atoms with van der Waals surface area (Å²) in [5.41, 5.74) is 0.597. The zero-order chi connectivity index (χ0) is 16.0. The molecule has 22 heavy (non-hydrogen) atoms. The molecule has 0 radical (unpaired) electrons. The molecule has 1 saturated heterocycles. The van der Waals surface area contributed by atoms with Gasteiger partial charge in [-0.05, 0) is 25.0 Å². The molecule has 1 N–H and O–H groups in total. The van der Waals surface area contributed by atoms with Gasteiger partial charge in [0.2, 0.25) is 15.9 Å². The molecule has 0 bridgehead atoms. The Balaban J connectivity index is 1.90. The van der Waals surface area contributed by atoms with Gasteiger partial charge in [-0.1, -0.05) is 6.07 Å². The summed E-state index contributed by atoms with van der Waals surface area (Å²) in [5.74, 6) is -0.336. The fourth-order valence-electron chi connectivity index (χ4n) is 2.21. The minimum Gasteiger partial charge on any atom is -0.376 e. The van der Waals surface area contributed by atoms with Crippen molar-refractivity contribution in [2.75, 3.05) is 26.0 Å². The molecule has 2 rings (SSSR count). The highest BCUT2D eigenvalue weighted by molar-refractivity contribution is 7.88. The Kier molecular flexibility index (Phi) is 5.87. The van der Waals surface area contributed by atoms with Gasteiger partial charge in [-0.3, -0.25) is 9.78 Å². The first-order valence-corrected chi connectivity index (χ1v) is 9.03. The normalized spacial score (nSPS) is 18.5. The number of hydrogen-bond donors (Lipinski definition) is 1. The summed E-state index contributed by atoms with van der Waals surface area (Å²) >= 11 is 0. The Morgan fingerprint density at radius 2 is 2.32 bits per heavy atom. The van der Waals surface area contributed by atoms with E-state index in [0.717, 1.165) is 30.0 Å². The van der Waals surface area contributed by atoms with Crippen LogP contribution in [-0.4, -0.2) is 55.7 Å². The van der Waals surface area contributed by atoms with E-state index in [1.54, 1.807) is 24.4 Å². The molecular weight excluding hydrogens is 306 g/mol. The third-order valence-electron chi connectivity index (χ3n) is 3.40. The van der Waals surface area contributed by atoms with Gasteiger partial charge in [-0.2, -0.15) is 4.31 Å². The molecular formula is C14H21N3O4S. The summed E-state index contributed by atoms with van der Waals surface area (Å²) in [6.45, 7) is 0.991. The lowest BCUT2D eigenvalue weighted by Crippen LogP contribution is -2.42. The number of carbonyl (C=O) groups excluding carboxylic acids is 1. The SMILES string of the molecule is CS(=O)(=O)N(CC(=O)NCC1CCCO1)Cc1ccccn1. The fraction of sp³-hybridized carbons (Fsp3) is 0.571. The number of nitrogens with one attached hydrogen (secondary N) is 1. The van der Waals surface area contributed by atoms with E-state index in [4.69, 9.17) is 4.74 Å². The molecule has 1 aromatic rings. The largest absolute Gasteiger partial charge is 0.376 e. The summed E-state index contributed by atoms with van der Waals surface area (Å²) in [6.07, 6.45) is 4.63. The third kappa shape index (κ3) is 5.36. The maximum atomic E-state index is 12.0. The van der Waals surface area contributed by atoms with Crippen LogP contribution in [0.1, 0.15) is 18.5 Å². The standard InChI is InChI=1S/C14H21N3O4S/c1-22(19,20)17(10-12-5-2-3-7-15-12)11-14(18)16-9-13-6-4-8-21-13/h2-3,5,7,13H,4,6,8-11H2,1H3,(H,16,18). The van der Waals surface area contributed by atoms with Crippen LogP contribution in [0.2, 0.25) is 0 Å². The van der Waals surface area contributed by atoms with Gasteiger partial charge in [-0.25, -0.2) is 8.42 Å². The molecule has 8 heteroatoms. The highest BCUT2D eigenvalue weighted by Gasteiger charge is 2.22. The second kappa shape index (κ2) is 7.66. The van der Waals surface area contributed by atoms with Crippen LogP contribution >= 0.6 is 0 Å². The molecule has 1 atom stereocenters. The Morgan fingerprint density at radius 1 is 1.50 bits per heavy atom. The number of amides is 1. The number of carbonyl (C=O) groups is 1. The number of nitrogens with zero attached hydrogens (tertiary/aromatic N) is 2. The van der Waals surface area contributed by atoms with Crippen LogP contribution in [0.5, 0.6) is 0 Å². The minimum atomic E-state index is -3.49. The lowest BCUT2D eigenvalue weighted by Gasteiger charge is -2.19. The molecule has 1 aliphatic heterocycles. The third-order valence-corrected chi connectivity index (χ3v) is 4.60. The van der Waals surface area contributed by atoms with E-state index < -0.39 is 10.0 Å². The van der Waals surface area contributed by atoms with Crippen molar-refractivity contribution in [3.63, 3.8) is 0 Å². The van der Waals surface area contributed by atoms with Gasteiger partial charge in [0.05, 0.1) is 31.1 Å². The monoisotopic (exact) mass is 327 g/mol. The first-order chi connectivity index (χ1) is 10.4. The molecule has 0 saturated carbocycles. The molecule has 1 fully saturated rings. The topological polar surface area (TPSA) is 88.6 Å². The van der Waals surface area contributed by atoms with Crippen LogP contribution < -0.4 is 5.32 Å². The summed E-state index contributed by atoms with van der Waals surface area (Å²) in [7, 11) is -3.49. The molecule has 0 aliphatic carbocycles. The fourth-order valence-corrected chi connectivity index (χ4v) is 2.93. The molecule has 1 amide bonds. The molecule has 2 heterocycles. The van der Waals surface area contributed by atoms with Gasteiger partial charge in [0.15, 0.2) is 0 Å². The van der Waals surface area contributed by atoms with Crippen molar-refractivity contribution in [3.8, 4) is 0 Å². The van der Waals surface area contributed by atoms with Crippen LogP contribution in [0.3, 0.4) is 0 Å². The minimum absolute atomic E-state index is 0.0337. The average Bonchev–Trinajstić information content (AvgIpc) is 2.98. The van der Waals surface area contributed by atoms with Crippen LogP contribution in [0.15, 0.2) is 24.4 Å². The zero-order valence-corrected chi connectivity index (χ0v) is 13.4. The van der Waals surface area contributed by atoms with Crippen LogP contribution in [0.25, 0.3) is 0 Å². The molecule has 1 aliphatic rings. The van der Waals surface area contributed by atoms with Crippen LogP contribution in [0, 0.1) is 0 Å². The van der Waals surface area contributed by atoms with Crippen molar-refractivity contribution in [1.82, 2.24) is 14.6 Å². The molecule has 122 valence electrons. The van der Waals surface area contributed by atoms with E-state index in [1.165, 1.54) is 0 Å². The van der Waals surface area contributed by atoms with Gasteiger partial charge in [-0.15, -0.1) is 0 Å². The van der Waals surface area contributed by atoms with Crippen molar-refractivity contribution in [2.24, 2.45) is 0 Å². The lowest BCUT2D eigenvalue weighted by molar-refractivity contribution is -0.121. The van der Waals surface area contributed by atoms with Crippen molar-refractivity contribution in [2.45, 2.75) is 25.5 Å². The summed E-state index contributed by atoms with van der Waals surface area (Å²) in [4.78, 5) is 16.0. The number of pyridine rings is 1. The Bertz CT molecular complexity index is 585. The molecule has 0 spiro atoms. The van der Waals surface area contributed by atoms with E-state index in [2.05, 4.69) is 10.3 Å². The maximum absolute atomic E-state index is 12.0. The van der Waals surface area contributed by atoms with Gasteiger partial charge in [0.25, 0.3) is 0 Å². The number of sulfonamides is 1. The predicted octanol–water partition coefficient (Wildman–Crippen LogP) is 0.138. The number of aromatic nitrogens is 1. The molecule has 1 unspecified atom stereocenters. The molecule has 1 aromatic heterocycles. The Hall–Kier alpha value is -1.51. The van der Waals surface area contributed by atoms with Crippen molar-refractivity contribution >= 4 is 15.9 Å². The molecule has 7 nitrogen and oxygen atoms in total. The predicted molar refractivity (Wildman–Crippen MR) is 81.5 cm³/mol. The smallest absolute Gasteiger partial charge is 0.235 e. The van der Waals surface area contributed by atoms with E-state index in [0.29, 0.717) is 12.2 Å². The van der Waals surface area contributed by atoms with E-state index in [9.17, 15) is 13.2 Å². The summed E-state index contributed by atoms with van der Waals surface area (Å²) in [6, 6.07) is 5.26. The van der Waals surface area contributed by atoms with Gasteiger partial charge in [0, 0.05) is 19.3 Å². The van der Waals surface area contributed by atoms with Crippen molar-refractivity contribution in [3.05, 3.63) is 30.1 Å². The summed E-state index contributed by atoms with van der Waals surface area (Å²) < 4.78 is 30.2. The Labute approximate surface area is 130 Å². The number of ether oxygens (including phenoxy) is 1. The van der Waals surface area contributed by atoms with Crippen molar-refractivity contribution < 1.29 is 17.9 Å². The van der Waals surface area contributed by atoms with Crippen LogP contribution in [-0.2, 0) is 26.1 Å². The highest BCUT2D eigenvalue weighted by atomic mass is 32.2. The van der Waals surface area contributed by atoms with Gasteiger partial charge in [0.1, 0.15) is 0 Å². The first-order valence-electron chi connectivity index (χ1n) is 7.18. The van der Waals surface area contributed by atoms with Crippen molar-refractivity contribution in [1.29, 1.82) is 0 Å². The number of rotatable bonds is 7. The Morgan fingerprint density at radius 3 is 2.91 bits per heavy atom. The summed E-state index contributed by atoms with van der Waals surface area (Å²) in [5, 5.41) is 2.72. The average molecular weight is 327 g/mol. The van der Waals surface area contributed by atoms with E-state index in [-0.39, 0.29) is 25.1 Å². The lowest BCUT2D eigenvalue weighted by atomic mass is 10.2.